The molecule has 0 aliphatic carbocycles. The van der Waals surface area contributed by atoms with Crippen LogP contribution in [0.15, 0.2) is 0 Å². The minimum atomic E-state index is 0.385. The highest BCUT2D eigenvalue weighted by molar-refractivity contribution is 7.71. The molecule has 92 valence electrons. The van der Waals surface area contributed by atoms with Gasteiger partial charge >= 0.3 is 0 Å². The molecule has 1 unspecified atom stereocenters. The number of rotatable bonds is 5. The van der Waals surface area contributed by atoms with E-state index in [-0.39, 0.29) is 0 Å². The average molecular weight is 242 g/mol. The summed E-state index contributed by atoms with van der Waals surface area (Å²) in [5.74, 6) is 1.59. The Morgan fingerprint density at radius 1 is 1.44 bits per heavy atom. The standard InChI is InChI=1S/C11H22N4S/c1-6-10-12-13-11(16)15(10)9(8(2)3)7-14(4)5/h8-9H,6-7H2,1-5H3,(H,13,16). The lowest BCUT2D eigenvalue weighted by Gasteiger charge is -2.26. The highest BCUT2D eigenvalue weighted by Crippen LogP contribution is 2.20. The van der Waals surface area contributed by atoms with Crippen molar-refractivity contribution in [2.75, 3.05) is 20.6 Å². The molecule has 0 aliphatic rings. The lowest BCUT2D eigenvalue weighted by atomic mass is 10.0. The number of hydrogen-bond acceptors (Lipinski definition) is 3. The lowest BCUT2D eigenvalue weighted by molar-refractivity contribution is 0.263. The van der Waals surface area contributed by atoms with E-state index in [0.717, 1.165) is 23.6 Å². The molecule has 1 aromatic rings. The van der Waals surface area contributed by atoms with Gasteiger partial charge in [-0.3, -0.25) is 9.67 Å². The van der Waals surface area contributed by atoms with E-state index in [1.54, 1.807) is 0 Å². The molecule has 0 saturated heterocycles. The Morgan fingerprint density at radius 3 is 2.50 bits per heavy atom. The van der Waals surface area contributed by atoms with Crippen LogP contribution in [-0.2, 0) is 6.42 Å². The van der Waals surface area contributed by atoms with Crippen molar-refractivity contribution >= 4 is 12.2 Å². The number of aromatic amines is 1. The van der Waals surface area contributed by atoms with E-state index < -0.39 is 0 Å². The number of nitrogens with zero attached hydrogens (tertiary/aromatic N) is 3. The Morgan fingerprint density at radius 2 is 2.06 bits per heavy atom. The summed E-state index contributed by atoms with van der Waals surface area (Å²) in [4.78, 5) is 2.19. The molecule has 0 aromatic carbocycles. The third-order valence-corrected chi connectivity index (χ3v) is 3.04. The molecule has 16 heavy (non-hydrogen) atoms. The molecule has 0 spiro atoms. The molecule has 1 rings (SSSR count). The Bertz CT molecular complexity index is 378. The van der Waals surface area contributed by atoms with Crippen molar-refractivity contribution in [1.29, 1.82) is 0 Å². The molecule has 1 heterocycles. The summed E-state index contributed by atoms with van der Waals surface area (Å²) >= 11 is 5.31. The highest BCUT2D eigenvalue weighted by atomic mass is 32.1. The monoisotopic (exact) mass is 242 g/mol. The van der Waals surface area contributed by atoms with Crippen LogP contribution in [0.3, 0.4) is 0 Å². The maximum Gasteiger partial charge on any atom is 0.195 e. The molecule has 0 saturated carbocycles. The first-order valence-corrected chi connectivity index (χ1v) is 6.18. The quantitative estimate of drug-likeness (QED) is 0.805. The van der Waals surface area contributed by atoms with Crippen LogP contribution >= 0.6 is 12.2 Å². The zero-order valence-electron chi connectivity index (χ0n) is 10.8. The molecular formula is C11H22N4S. The number of likely N-dealkylation sites (N-methyl/N-ethyl adjacent to an activating group) is 1. The minimum absolute atomic E-state index is 0.385. The Hall–Kier alpha value is -0.680. The fraction of sp³-hybridized carbons (Fsp3) is 0.818. The molecule has 1 atom stereocenters. The van der Waals surface area contributed by atoms with E-state index in [1.807, 2.05) is 0 Å². The van der Waals surface area contributed by atoms with E-state index in [2.05, 4.69) is 54.5 Å². The van der Waals surface area contributed by atoms with Gasteiger partial charge in [0.15, 0.2) is 4.77 Å². The summed E-state index contributed by atoms with van der Waals surface area (Å²) in [5.41, 5.74) is 0. The summed E-state index contributed by atoms with van der Waals surface area (Å²) in [7, 11) is 4.18. The van der Waals surface area contributed by atoms with Gasteiger partial charge in [0, 0.05) is 13.0 Å². The molecule has 0 aliphatic heterocycles. The maximum absolute atomic E-state index is 5.31. The van der Waals surface area contributed by atoms with Crippen molar-refractivity contribution in [3.8, 4) is 0 Å². The third kappa shape index (κ3) is 2.92. The van der Waals surface area contributed by atoms with Gasteiger partial charge < -0.3 is 4.90 Å². The Kier molecular flexibility index (Phi) is 4.68. The smallest absolute Gasteiger partial charge is 0.195 e. The Labute approximate surface area is 103 Å². The highest BCUT2D eigenvalue weighted by Gasteiger charge is 2.20. The van der Waals surface area contributed by atoms with Crippen molar-refractivity contribution in [1.82, 2.24) is 19.7 Å². The van der Waals surface area contributed by atoms with Crippen LogP contribution in [0.25, 0.3) is 0 Å². The van der Waals surface area contributed by atoms with E-state index >= 15 is 0 Å². The lowest BCUT2D eigenvalue weighted by Crippen LogP contribution is -2.29. The van der Waals surface area contributed by atoms with Gasteiger partial charge in [-0.1, -0.05) is 20.8 Å². The van der Waals surface area contributed by atoms with Gasteiger partial charge in [-0.25, -0.2) is 0 Å². The number of H-pyrrole nitrogens is 1. The molecule has 0 radical (unpaired) electrons. The van der Waals surface area contributed by atoms with Gasteiger partial charge in [0.25, 0.3) is 0 Å². The summed E-state index contributed by atoms with van der Waals surface area (Å²) in [5, 5.41) is 7.17. The molecule has 1 N–H and O–H groups in total. The van der Waals surface area contributed by atoms with Crippen LogP contribution in [-0.4, -0.2) is 40.3 Å². The maximum atomic E-state index is 5.31. The average Bonchev–Trinajstić information content (AvgIpc) is 2.55. The molecule has 5 heteroatoms. The second-order valence-corrected chi connectivity index (χ2v) is 5.13. The van der Waals surface area contributed by atoms with Gasteiger partial charge in [-0.05, 0) is 32.2 Å². The van der Waals surface area contributed by atoms with Crippen molar-refractivity contribution in [2.24, 2.45) is 5.92 Å². The summed E-state index contributed by atoms with van der Waals surface area (Å²) < 4.78 is 2.90. The fourth-order valence-corrected chi connectivity index (χ4v) is 2.18. The number of aromatic nitrogens is 3. The van der Waals surface area contributed by atoms with Crippen LogP contribution in [0.4, 0.5) is 0 Å². The van der Waals surface area contributed by atoms with Gasteiger partial charge in [0.1, 0.15) is 5.82 Å². The predicted octanol–water partition coefficient (Wildman–Crippen LogP) is 2.26. The van der Waals surface area contributed by atoms with Crippen LogP contribution < -0.4 is 0 Å². The van der Waals surface area contributed by atoms with Gasteiger partial charge in [-0.15, -0.1) is 0 Å². The summed E-state index contributed by atoms with van der Waals surface area (Å²) in [6.45, 7) is 7.54. The van der Waals surface area contributed by atoms with Crippen LogP contribution in [0.2, 0.25) is 0 Å². The van der Waals surface area contributed by atoms with Crippen LogP contribution in [0.5, 0.6) is 0 Å². The van der Waals surface area contributed by atoms with E-state index in [1.165, 1.54) is 0 Å². The van der Waals surface area contributed by atoms with E-state index in [9.17, 15) is 0 Å². The van der Waals surface area contributed by atoms with Crippen molar-refractivity contribution in [3.05, 3.63) is 10.6 Å². The van der Waals surface area contributed by atoms with Crippen molar-refractivity contribution < 1.29 is 0 Å². The molecule has 1 aromatic heterocycles. The zero-order valence-corrected chi connectivity index (χ0v) is 11.6. The predicted molar refractivity (Wildman–Crippen MR) is 69.2 cm³/mol. The second-order valence-electron chi connectivity index (χ2n) is 4.74. The normalized spacial score (nSPS) is 13.7. The molecule has 0 amide bonds. The van der Waals surface area contributed by atoms with Crippen LogP contribution in [0.1, 0.15) is 32.6 Å². The molecule has 4 nitrogen and oxygen atoms in total. The fourth-order valence-electron chi connectivity index (χ4n) is 1.89. The first-order chi connectivity index (χ1) is 7.47. The SMILES string of the molecule is CCc1n[nH]c(=S)n1C(CN(C)C)C(C)C. The number of hydrogen-bond donors (Lipinski definition) is 1. The second kappa shape index (κ2) is 5.59. The number of nitrogens with one attached hydrogen (secondary N) is 1. The minimum Gasteiger partial charge on any atom is -0.307 e. The van der Waals surface area contributed by atoms with Crippen molar-refractivity contribution in [2.45, 2.75) is 33.2 Å². The molecular weight excluding hydrogens is 220 g/mol. The first kappa shape index (κ1) is 13.4. The van der Waals surface area contributed by atoms with Gasteiger partial charge in [0.2, 0.25) is 0 Å². The van der Waals surface area contributed by atoms with Gasteiger partial charge in [0.05, 0.1) is 6.04 Å². The van der Waals surface area contributed by atoms with Crippen LogP contribution in [0, 0.1) is 10.7 Å². The largest absolute Gasteiger partial charge is 0.307 e. The first-order valence-electron chi connectivity index (χ1n) is 5.77. The topological polar surface area (TPSA) is 36.9 Å². The van der Waals surface area contributed by atoms with Crippen molar-refractivity contribution in [3.63, 3.8) is 0 Å². The summed E-state index contributed by atoms with van der Waals surface area (Å²) in [6.07, 6.45) is 0.907. The Balaban J connectivity index is 3.09. The summed E-state index contributed by atoms with van der Waals surface area (Å²) in [6, 6.07) is 0.385. The molecule has 0 bridgehead atoms. The van der Waals surface area contributed by atoms with Gasteiger partial charge in [-0.2, -0.15) is 5.10 Å². The van der Waals surface area contributed by atoms with E-state index in [0.29, 0.717) is 12.0 Å². The zero-order chi connectivity index (χ0) is 12.3. The molecule has 0 fully saturated rings. The number of aryl methyl sites for hydroxylation is 1. The third-order valence-electron chi connectivity index (χ3n) is 2.75. The van der Waals surface area contributed by atoms with E-state index in [4.69, 9.17) is 12.2 Å².